The van der Waals surface area contributed by atoms with Crippen LogP contribution in [0, 0.1) is 56.7 Å². The van der Waals surface area contributed by atoms with Crippen LogP contribution in [0.15, 0.2) is 0 Å². The van der Waals surface area contributed by atoms with E-state index in [0.29, 0.717) is 45.2 Å². The summed E-state index contributed by atoms with van der Waals surface area (Å²) in [6, 6.07) is 0. The zero-order valence-electron chi connectivity index (χ0n) is 22.3. The Kier molecular flexibility index (Phi) is 4.85. The van der Waals surface area contributed by atoms with Gasteiger partial charge in [-0.05, 0) is 123 Å². The molecule has 0 saturated heterocycles. The van der Waals surface area contributed by atoms with Crippen LogP contribution in [-0.4, -0.2) is 16.5 Å². The van der Waals surface area contributed by atoms with Crippen LogP contribution < -0.4 is 0 Å². The molecule has 5 aliphatic carbocycles. The molecule has 5 saturated carbocycles. The summed E-state index contributed by atoms with van der Waals surface area (Å²) in [4.78, 5) is 12.9. The molecule has 0 amide bonds. The molecule has 2 nitrogen and oxygen atoms in total. The topological polar surface area (TPSA) is 37.3 Å². The van der Waals surface area contributed by atoms with Crippen LogP contribution >= 0.6 is 0 Å². The van der Waals surface area contributed by atoms with Gasteiger partial charge in [-0.15, -0.1) is 0 Å². The van der Waals surface area contributed by atoms with Crippen molar-refractivity contribution in [1.29, 1.82) is 0 Å². The van der Waals surface area contributed by atoms with Gasteiger partial charge >= 0.3 is 0 Å². The van der Waals surface area contributed by atoms with Crippen molar-refractivity contribution >= 4 is 5.78 Å². The van der Waals surface area contributed by atoms with Crippen LogP contribution in [0.4, 0.5) is 0 Å². The second kappa shape index (κ2) is 6.64. The first-order valence-corrected chi connectivity index (χ1v) is 13.9. The highest BCUT2D eigenvalue weighted by Gasteiger charge is 2.71. The predicted molar refractivity (Wildman–Crippen MR) is 131 cm³/mol. The highest BCUT2D eigenvalue weighted by atomic mass is 16.3. The summed E-state index contributed by atoms with van der Waals surface area (Å²) in [6.45, 7) is 19.2. The Balaban J connectivity index is 1.52. The van der Waals surface area contributed by atoms with Crippen molar-refractivity contribution in [3.05, 3.63) is 0 Å². The van der Waals surface area contributed by atoms with Crippen molar-refractivity contribution in [3.63, 3.8) is 0 Å². The molecule has 5 aliphatic rings. The maximum Gasteiger partial charge on any atom is 0.138 e. The Morgan fingerprint density at radius 1 is 0.719 bits per heavy atom. The van der Waals surface area contributed by atoms with Crippen LogP contribution in [0.2, 0.25) is 0 Å². The van der Waals surface area contributed by atoms with Crippen molar-refractivity contribution in [1.82, 2.24) is 0 Å². The van der Waals surface area contributed by atoms with Gasteiger partial charge in [0.1, 0.15) is 5.78 Å². The van der Waals surface area contributed by atoms with Gasteiger partial charge in [0, 0.05) is 11.8 Å². The molecule has 0 aromatic rings. The summed E-state index contributed by atoms with van der Waals surface area (Å²) >= 11 is 0. The van der Waals surface area contributed by atoms with E-state index in [2.05, 4.69) is 55.4 Å². The molecule has 0 aromatic heterocycles. The summed E-state index contributed by atoms with van der Waals surface area (Å²) in [5.74, 6) is 3.72. The zero-order chi connectivity index (χ0) is 23.5. The number of Topliss-reactive ketones (excluding diaryl/α,β-unsaturated/α-hetero) is 1. The largest absolute Gasteiger partial charge is 0.390 e. The molecule has 0 bridgehead atoms. The number of aliphatic hydroxyl groups is 1. The number of hydrogen-bond donors (Lipinski definition) is 1. The van der Waals surface area contributed by atoms with Crippen LogP contribution in [-0.2, 0) is 4.79 Å². The molecular weight excluding hydrogens is 392 g/mol. The molecule has 0 heterocycles. The van der Waals surface area contributed by atoms with E-state index in [1.807, 2.05) is 0 Å². The van der Waals surface area contributed by atoms with Crippen molar-refractivity contribution in [3.8, 4) is 0 Å². The lowest BCUT2D eigenvalue weighted by Crippen LogP contribution is -2.66. The van der Waals surface area contributed by atoms with Crippen LogP contribution in [0.5, 0.6) is 0 Å². The molecule has 182 valence electrons. The maximum atomic E-state index is 12.9. The van der Waals surface area contributed by atoms with E-state index in [0.717, 1.165) is 24.7 Å². The van der Waals surface area contributed by atoms with E-state index in [4.69, 9.17) is 0 Å². The number of carbonyl (C=O) groups is 1. The van der Waals surface area contributed by atoms with Crippen molar-refractivity contribution < 1.29 is 9.90 Å². The van der Waals surface area contributed by atoms with Crippen LogP contribution in [0.25, 0.3) is 0 Å². The second-order valence-electron chi connectivity index (χ2n) is 15.2. The predicted octanol–water partition coefficient (Wildman–Crippen LogP) is 7.43. The van der Waals surface area contributed by atoms with Gasteiger partial charge in [-0.1, -0.05) is 41.5 Å². The van der Waals surface area contributed by atoms with Crippen molar-refractivity contribution in [2.24, 2.45) is 56.7 Å². The van der Waals surface area contributed by atoms with Gasteiger partial charge in [-0.25, -0.2) is 0 Å². The molecule has 1 N–H and O–H groups in total. The van der Waals surface area contributed by atoms with Gasteiger partial charge in [0.2, 0.25) is 0 Å². The van der Waals surface area contributed by atoms with Gasteiger partial charge in [-0.3, -0.25) is 4.79 Å². The number of carbonyl (C=O) groups excluding carboxylic acids is 1. The molecule has 2 heteroatoms. The molecule has 0 aliphatic heterocycles. The standard InChI is InChI=1S/C30H50O2/c1-25(2)21-13-18-30(8)23(28(21,6)16-14-24(25)31)10-9-22-27(5)15-11-19(26(3,4)32)20(27)12-17-29(22,30)7/h19-23,32H,9-18H2,1-8H3/t19-,20+,21+,22-,23-,27-,28-,29+,30+/m0/s1. The SMILES string of the molecule is CC(C)(O)[C@H]1CC[C@@]2(C)[C@@H]1CC[C@]1(C)[C@H]2CC[C@H]2[C@@]3(C)CCC(=O)C(C)(C)[C@H]3CC[C@]21C. The van der Waals surface area contributed by atoms with Crippen LogP contribution in [0.1, 0.15) is 120 Å². The van der Waals surface area contributed by atoms with Gasteiger partial charge in [-0.2, -0.15) is 0 Å². The molecule has 0 radical (unpaired) electrons. The third-order valence-electron chi connectivity index (χ3n) is 13.6. The molecule has 5 rings (SSSR count). The monoisotopic (exact) mass is 442 g/mol. The average Bonchev–Trinajstić information content (AvgIpc) is 3.03. The first kappa shape index (κ1) is 23.4. The lowest BCUT2D eigenvalue weighted by Gasteiger charge is -2.73. The van der Waals surface area contributed by atoms with Crippen molar-refractivity contribution in [2.75, 3.05) is 0 Å². The average molecular weight is 443 g/mol. The Labute approximate surface area is 197 Å². The van der Waals surface area contributed by atoms with Gasteiger partial charge < -0.3 is 5.11 Å². The summed E-state index contributed by atoms with van der Waals surface area (Å²) in [7, 11) is 0. The minimum atomic E-state index is -0.553. The van der Waals surface area contributed by atoms with E-state index >= 15 is 0 Å². The number of ketones is 1. The fraction of sp³-hybridized carbons (Fsp3) is 0.967. The number of fused-ring (bicyclic) bond motifs is 7. The highest BCUT2D eigenvalue weighted by molar-refractivity contribution is 5.85. The summed E-state index contributed by atoms with van der Waals surface area (Å²) in [6.07, 6.45) is 12.3. The smallest absolute Gasteiger partial charge is 0.138 e. The molecule has 5 fully saturated rings. The first-order chi connectivity index (χ1) is 14.6. The van der Waals surface area contributed by atoms with Crippen LogP contribution in [0.3, 0.4) is 0 Å². The van der Waals surface area contributed by atoms with Crippen molar-refractivity contribution in [2.45, 2.75) is 125 Å². The molecule has 0 unspecified atom stereocenters. The number of hydrogen-bond acceptors (Lipinski definition) is 2. The minimum Gasteiger partial charge on any atom is -0.390 e. The van der Waals surface area contributed by atoms with E-state index < -0.39 is 5.60 Å². The maximum absolute atomic E-state index is 12.9. The van der Waals surface area contributed by atoms with Gasteiger partial charge in [0.05, 0.1) is 5.60 Å². The normalized spacial score (nSPS) is 54.9. The lowest BCUT2D eigenvalue weighted by molar-refractivity contribution is -0.240. The van der Waals surface area contributed by atoms with E-state index in [1.165, 1.54) is 51.4 Å². The number of rotatable bonds is 1. The summed E-state index contributed by atoms with van der Waals surface area (Å²) < 4.78 is 0. The molecule has 32 heavy (non-hydrogen) atoms. The van der Waals surface area contributed by atoms with Gasteiger partial charge in [0.15, 0.2) is 0 Å². The summed E-state index contributed by atoms with van der Waals surface area (Å²) in [5, 5.41) is 11.0. The molecule has 0 spiro atoms. The highest BCUT2D eigenvalue weighted by Crippen LogP contribution is 2.77. The Hall–Kier alpha value is -0.370. The Morgan fingerprint density at radius 2 is 1.28 bits per heavy atom. The third-order valence-corrected chi connectivity index (χ3v) is 13.6. The van der Waals surface area contributed by atoms with E-state index in [-0.39, 0.29) is 5.41 Å². The quantitative estimate of drug-likeness (QED) is 0.458. The van der Waals surface area contributed by atoms with Gasteiger partial charge in [0.25, 0.3) is 0 Å². The fourth-order valence-electron chi connectivity index (χ4n) is 11.8. The minimum absolute atomic E-state index is 0.152. The fourth-order valence-corrected chi connectivity index (χ4v) is 11.8. The lowest BCUT2D eigenvalue weighted by atomic mass is 9.32. The Bertz CT molecular complexity index is 806. The first-order valence-electron chi connectivity index (χ1n) is 13.9. The third kappa shape index (κ3) is 2.66. The summed E-state index contributed by atoms with van der Waals surface area (Å²) in [5.41, 5.74) is 0.741. The zero-order valence-corrected chi connectivity index (χ0v) is 22.3. The van der Waals surface area contributed by atoms with E-state index in [9.17, 15) is 9.90 Å². The second-order valence-corrected chi connectivity index (χ2v) is 15.2. The van der Waals surface area contributed by atoms with E-state index in [1.54, 1.807) is 0 Å². The molecule has 0 aromatic carbocycles. The molecular formula is C30H50O2. The Morgan fingerprint density at radius 3 is 1.88 bits per heavy atom. The molecule has 9 atom stereocenters.